The van der Waals surface area contributed by atoms with E-state index in [-0.39, 0.29) is 11.3 Å². The molecule has 2 rings (SSSR count). The van der Waals surface area contributed by atoms with Gasteiger partial charge in [-0.15, -0.1) is 0 Å². The fourth-order valence-electron chi connectivity index (χ4n) is 2.19. The first-order valence-corrected chi connectivity index (χ1v) is 6.18. The third-order valence-corrected chi connectivity index (χ3v) is 3.72. The summed E-state index contributed by atoms with van der Waals surface area (Å²) in [6.07, 6.45) is 2.87. The molecule has 18 heavy (non-hydrogen) atoms. The van der Waals surface area contributed by atoms with E-state index >= 15 is 0 Å². The number of amides is 1. The summed E-state index contributed by atoms with van der Waals surface area (Å²) in [5.41, 5.74) is 6.97. The standard InChI is InChI=1S/C14H17N3O/c15-8-11-2-4-12(5-3-11)9-17-13(18)14(10-16)6-1-7-14/h2-5H,1,6-7,9-10,16H2,(H,17,18). The smallest absolute Gasteiger partial charge is 0.227 e. The second kappa shape index (κ2) is 5.19. The first-order chi connectivity index (χ1) is 8.70. The Hall–Kier alpha value is -1.86. The Bertz CT molecular complexity index is 463. The van der Waals surface area contributed by atoms with E-state index in [1.807, 2.05) is 12.1 Å². The first kappa shape index (κ1) is 12.6. The molecular formula is C14H17N3O. The lowest BCUT2D eigenvalue weighted by Gasteiger charge is -2.39. The number of rotatable bonds is 4. The minimum Gasteiger partial charge on any atom is -0.352 e. The highest BCUT2D eigenvalue weighted by Crippen LogP contribution is 2.39. The van der Waals surface area contributed by atoms with Gasteiger partial charge in [0.15, 0.2) is 0 Å². The van der Waals surface area contributed by atoms with E-state index < -0.39 is 0 Å². The van der Waals surface area contributed by atoms with Crippen LogP contribution in [0.1, 0.15) is 30.4 Å². The maximum atomic E-state index is 12.0. The second-order valence-electron chi connectivity index (χ2n) is 4.83. The van der Waals surface area contributed by atoms with Gasteiger partial charge in [-0.05, 0) is 30.5 Å². The van der Waals surface area contributed by atoms with Crippen LogP contribution in [-0.4, -0.2) is 12.5 Å². The van der Waals surface area contributed by atoms with Crippen LogP contribution < -0.4 is 11.1 Å². The van der Waals surface area contributed by atoms with Crippen molar-refractivity contribution in [1.82, 2.24) is 5.32 Å². The fourth-order valence-corrected chi connectivity index (χ4v) is 2.19. The normalized spacial score (nSPS) is 16.4. The maximum Gasteiger partial charge on any atom is 0.227 e. The molecular weight excluding hydrogens is 226 g/mol. The van der Waals surface area contributed by atoms with Gasteiger partial charge >= 0.3 is 0 Å². The van der Waals surface area contributed by atoms with Gasteiger partial charge < -0.3 is 11.1 Å². The van der Waals surface area contributed by atoms with Crippen LogP contribution in [0.2, 0.25) is 0 Å². The molecule has 0 spiro atoms. The molecule has 0 aromatic heterocycles. The quantitative estimate of drug-likeness (QED) is 0.836. The monoisotopic (exact) mass is 243 g/mol. The molecule has 94 valence electrons. The van der Waals surface area contributed by atoms with Gasteiger partial charge in [-0.3, -0.25) is 4.79 Å². The molecule has 1 fully saturated rings. The van der Waals surface area contributed by atoms with Crippen LogP contribution in [0.3, 0.4) is 0 Å². The van der Waals surface area contributed by atoms with Crippen molar-refractivity contribution in [3.63, 3.8) is 0 Å². The zero-order valence-electron chi connectivity index (χ0n) is 10.3. The molecule has 1 aliphatic rings. The molecule has 0 aliphatic heterocycles. The van der Waals surface area contributed by atoms with Gasteiger partial charge in [0, 0.05) is 13.1 Å². The molecule has 1 aliphatic carbocycles. The number of nitriles is 1. The summed E-state index contributed by atoms with van der Waals surface area (Å²) in [7, 11) is 0. The number of nitrogens with zero attached hydrogens (tertiary/aromatic N) is 1. The molecule has 0 radical (unpaired) electrons. The van der Waals surface area contributed by atoms with Crippen LogP contribution in [-0.2, 0) is 11.3 Å². The molecule has 3 N–H and O–H groups in total. The molecule has 0 bridgehead atoms. The lowest BCUT2D eigenvalue weighted by Crippen LogP contribution is -2.50. The Kier molecular flexibility index (Phi) is 3.63. The van der Waals surface area contributed by atoms with E-state index in [2.05, 4.69) is 11.4 Å². The zero-order valence-corrected chi connectivity index (χ0v) is 10.3. The highest BCUT2D eigenvalue weighted by Gasteiger charge is 2.42. The first-order valence-electron chi connectivity index (χ1n) is 6.18. The van der Waals surface area contributed by atoms with Gasteiger partial charge in [0.1, 0.15) is 0 Å². The molecule has 1 aromatic carbocycles. The van der Waals surface area contributed by atoms with Crippen LogP contribution >= 0.6 is 0 Å². The number of benzene rings is 1. The molecule has 1 amide bonds. The summed E-state index contributed by atoms with van der Waals surface area (Å²) < 4.78 is 0. The van der Waals surface area contributed by atoms with Crippen molar-refractivity contribution in [2.24, 2.45) is 11.1 Å². The van der Waals surface area contributed by atoms with Crippen LogP contribution in [0.15, 0.2) is 24.3 Å². The molecule has 1 aromatic rings. The highest BCUT2D eigenvalue weighted by molar-refractivity contribution is 5.83. The number of hydrogen-bond donors (Lipinski definition) is 2. The van der Waals surface area contributed by atoms with Crippen LogP contribution in [0.25, 0.3) is 0 Å². The number of carbonyl (C=O) groups is 1. The zero-order chi connectivity index (χ0) is 13.0. The van der Waals surface area contributed by atoms with Gasteiger partial charge in [0.25, 0.3) is 0 Å². The maximum absolute atomic E-state index is 12.0. The number of carbonyl (C=O) groups excluding carboxylic acids is 1. The lowest BCUT2D eigenvalue weighted by molar-refractivity contribution is -0.135. The van der Waals surface area contributed by atoms with Crippen molar-refractivity contribution in [2.45, 2.75) is 25.8 Å². The SMILES string of the molecule is N#Cc1ccc(CNC(=O)C2(CN)CCC2)cc1. The van der Waals surface area contributed by atoms with Gasteiger partial charge in [-0.2, -0.15) is 5.26 Å². The topological polar surface area (TPSA) is 78.9 Å². The van der Waals surface area contributed by atoms with Crippen LogP contribution in [0.5, 0.6) is 0 Å². The number of nitrogens with two attached hydrogens (primary N) is 1. The minimum atomic E-state index is -0.327. The van der Waals surface area contributed by atoms with Crippen LogP contribution in [0.4, 0.5) is 0 Å². The molecule has 0 heterocycles. The van der Waals surface area contributed by atoms with E-state index in [0.29, 0.717) is 18.7 Å². The minimum absolute atomic E-state index is 0.0561. The van der Waals surface area contributed by atoms with Crippen molar-refractivity contribution in [3.8, 4) is 6.07 Å². The van der Waals surface area contributed by atoms with Gasteiger partial charge in [-0.1, -0.05) is 18.6 Å². The Balaban J connectivity index is 1.91. The summed E-state index contributed by atoms with van der Waals surface area (Å²) in [6.45, 7) is 0.915. The average Bonchev–Trinajstić information content (AvgIpc) is 2.36. The summed E-state index contributed by atoms with van der Waals surface area (Å²) in [5, 5.41) is 11.6. The molecule has 1 saturated carbocycles. The van der Waals surface area contributed by atoms with Gasteiger partial charge in [0.2, 0.25) is 5.91 Å². The third kappa shape index (κ3) is 2.36. The molecule has 4 nitrogen and oxygen atoms in total. The van der Waals surface area contributed by atoms with Gasteiger partial charge in [-0.25, -0.2) is 0 Å². The predicted octanol–water partition coefficient (Wildman–Crippen LogP) is 1.30. The Morgan fingerprint density at radius 3 is 2.50 bits per heavy atom. The summed E-state index contributed by atoms with van der Waals surface area (Å²) in [5.74, 6) is 0.0561. The van der Waals surface area contributed by atoms with Crippen molar-refractivity contribution >= 4 is 5.91 Å². The highest BCUT2D eigenvalue weighted by atomic mass is 16.2. The molecule has 0 saturated heterocycles. The van der Waals surface area contributed by atoms with E-state index in [1.54, 1.807) is 12.1 Å². The Labute approximate surface area is 107 Å². The van der Waals surface area contributed by atoms with Crippen molar-refractivity contribution in [1.29, 1.82) is 5.26 Å². The second-order valence-corrected chi connectivity index (χ2v) is 4.83. The Morgan fingerprint density at radius 1 is 1.39 bits per heavy atom. The van der Waals surface area contributed by atoms with Crippen LogP contribution in [0, 0.1) is 16.7 Å². The lowest BCUT2D eigenvalue weighted by atomic mass is 9.68. The largest absolute Gasteiger partial charge is 0.352 e. The molecule has 0 unspecified atom stereocenters. The predicted molar refractivity (Wildman–Crippen MR) is 68.3 cm³/mol. The van der Waals surface area contributed by atoms with Crippen molar-refractivity contribution < 1.29 is 4.79 Å². The van der Waals surface area contributed by atoms with Crippen molar-refractivity contribution in [2.75, 3.05) is 6.54 Å². The summed E-state index contributed by atoms with van der Waals surface area (Å²) >= 11 is 0. The average molecular weight is 243 g/mol. The summed E-state index contributed by atoms with van der Waals surface area (Å²) in [6, 6.07) is 9.29. The molecule has 4 heteroatoms. The number of hydrogen-bond acceptors (Lipinski definition) is 3. The fraction of sp³-hybridized carbons (Fsp3) is 0.429. The van der Waals surface area contributed by atoms with E-state index in [4.69, 9.17) is 11.0 Å². The van der Waals surface area contributed by atoms with Gasteiger partial charge in [0.05, 0.1) is 17.0 Å². The van der Waals surface area contributed by atoms with E-state index in [9.17, 15) is 4.79 Å². The van der Waals surface area contributed by atoms with E-state index in [0.717, 1.165) is 24.8 Å². The summed E-state index contributed by atoms with van der Waals surface area (Å²) in [4.78, 5) is 12.0. The Morgan fingerprint density at radius 2 is 2.06 bits per heavy atom. The third-order valence-electron chi connectivity index (χ3n) is 3.72. The number of nitrogens with one attached hydrogen (secondary N) is 1. The molecule has 0 atom stereocenters. The van der Waals surface area contributed by atoms with Crippen molar-refractivity contribution in [3.05, 3.63) is 35.4 Å². The van der Waals surface area contributed by atoms with E-state index in [1.165, 1.54) is 0 Å².